The molecule has 2 aromatic rings. The Bertz CT molecular complexity index is 613. The number of methoxy groups -OCH3 is 1. The van der Waals surface area contributed by atoms with E-state index in [1.165, 1.54) is 12.7 Å². The number of benzene rings is 2. The molecule has 0 aliphatic heterocycles. The van der Waals surface area contributed by atoms with Gasteiger partial charge in [-0.1, -0.05) is 23.7 Å². The van der Waals surface area contributed by atoms with Crippen LogP contribution >= 0.6 is 11.6 Å². The minimum atomic E-state index is -0.0175. The van der Waals surface area contributed by atoms with Crippen LogP contribution in [0, 0.1) is 6.92 Å². The third-order valence-corrected chi connectivity index (χ3v) is 3.46. The van der Waals surface area contributed by atoms with Gasteiger partial charge in [0.15, 0.2) is 11.5 Å². The molecule has 0 aliphatic rings. The van der Waals surface area contributed by atoms with Crippen molar-refractivity contribution in [2.24, 2.45) is 0 Å². The maximum atomic E-state index is 9.74. The van der Waals surface area contributed by atoms with Gasteiger partial charge in [0, 0.05) is 19.3 Å². The van der Waals surface area contributed by atoms with Gasteiger partial charge < -0.3 is 14.7 Å². The summed E-state index contributed by atoms with van der Waals surface area (Å²) in [5, 5.41) is 10.0. The highest BCUT2D eigenvalue weighted by molar-refractivity contribution is 6.32. The Kier molecular flexibility index (Phi) is 4.40. The molecule has 0 heterocycles. The number of hydrogen-bond donors (Lipinski definition) is 1. The summed E-state index contributed by atoms with van der Waals surface area (Å²) < 4.78 is 5.12. The van der Waals surface area contributed by atoms with Crippen LogP contribution < -0.4 is 9.64 Å². The average molecular weight is 292 g/mol. The van der Waals surface area contributed by atoms with Crippen LogP contribution in [0.4, 0.5) is 5.69 Å². The number of phenolic OH excluding ortho intramolecular Hbond substituents is 1. The summed E-state index contributed by atoms with van der Waals surface area (Å²) in [5.41, 5.74) is 3.33. The summed E-state index contributed by atoms with van der Waals surface area (Å²) in [6.07, 6.45) is 0. The zero-order valence-corrected chi connectivity index (χ0v) is 12.6. The fourth-order valence-corrected chi connectivity index (χ4v) is 2.34. The first-order valence-electron chi connectivity index (χ1n) is 6.34. The number of phenols is 1. The molecule has 106 valence electrons. The molecule has 2 aromatic carbocycles. The molecule has 0 fully saturated rings. The van der Waals surface area contributed by atoms with Crippen LogP contribution in [0.1, 0.15) is 11.1 Å². The van der Waals surface area contributed by atoms with Crippen molar-refractivity contribution in [3.8, 4) is 11.5 Å². The van der Waals surface area contributed by atoms with E-state index in [9.17, 15) is 5.11 Å². The summed E-state index contributed by atoms with van der Waals surface area (Å²) in [6.45, 7) is 2.75. The molecule has 0 aliphatic carbocycles. The van der Waals surface area contributed by atoms with Crippen LogP contribution in [-0.2, 0) is 6.54 Å². The second kappa shape index (κ2) is 6.06. The van der Waals surface area contributed by atoms with Crippen LogP contribution in [0.3, 0.4) is 0 Å². The lowest BCUT2D eigenvalue weighted by Gasteiger charge is -2.20. The van der Waals surface area contributed by atoms with Gasteiger partial charge in [-0.25, -0.2) is 0 Å². The first-order chi connectivity index (χ1) is 9.51. The van der Waals surface area contributed by atoms with E-state index >= 15 is 0 Å². The number of hydrogen-bond acceptors (Lipinski definition) is 3. The van der Waals surface area contributed by atoms with E-state index in [4.69, 9.17) is 16.3 Å². The number of nitrogens with zero attached hydrogens (tertiary/aromatic N) is 1. The summed E-state index contributed by atoms with van der Waals surface area (Å²) in [4.78, 5) is 2.12. The molecule has 20 heavy (non-hydrogen) atoms. The van der Waals surface area contributed by atoms with Gasteiger partial charge in [0.05, 0.1) is 12.1 Å². The van der Waals surface area contributed by atoms with Crippen LogP contribution in [0.25, 0.3) is 0 Å². The first-order valence-corrected chi connectivity index (χ1v) is 6.72. The van der Waals surface area contributed by atoms with Gasteiger partial charge in [0.2, 0.25) is 0 Å². The van der Waals surface area contributed by atoms with Gasteiger partial charge in [-0.15, -0.1) is 0 Å². The average Bonchev–Trinajstić information content (AvgIpc) is 2.42. The van der Waals surface area contributed by atoms with Crippen LogP contribution in [-0.4, -0.2) is 19.3 Å². The zero-order valence-electron chi connectivity index (χ0n) is 11.9. The van der Waals surface area contributed by atoms with Crippen molar-refractivity contribution in [1.29, 1.82) is 0 Å². The molecule has 0 saturated carbocycles. The lowest BCUT2D eigenvalue weighted by atomic mass is 10.1. The Labute approximate surface area is 124 Å². The summed E-state index contributed by atoms with van der Waals surface area (Å²) in [5.74, 6) is 0.376. The molecule has 4 heteroatoms. The molecule has 1 N–H and O–H groups in total. The van der Waals surface area contributed by atoms with E-state index in [1.807, 2.05) is 13.1 Å². The molecule has 3 nitrogen and oxygen atoms in total. The number of aromatic hydroxyl groups is 1. The Balaban J connectivity index is 2.23. The minimum absolute atomic E-state index is 0.0175. The highest BCUT2D eigenvalue weighted by atomic mass is 35.5. The number of halogens is 1. The topological polar surface area (TPSA) is 32.7 Å². The van der Waals surface area contributed by atoms with Crippen molar-refractivity contribution in [3.63, 3.8) is 0 Å². The minimum Gasteiger partial charge on any atom is -0.503 e. The van der Waals surface area contributed by atoms with E-state index in [2.05, 4.69) is 30.0 Å². The van der Waals surface area contributed by atoms with Crippen LogP contribution in [0.5, 0.6) is 11.5 Å². The van der Waals surface area contributed by atoms with E-state index in [0.29, 0.717) is 17.3 Å². The maximum absolute atomic E-state index is 9.74. The van der Waals surface area contributed by atoms with Crippen molar-refractivity contribution >= 4 is 17.3 Å². The van der Waals surface area contributed by atoms with Crippen molar-refractivity contribution in [1.82, 2.24) is 0 Å². The van der Waals surface area contributed by atoms with E-state index < -0.39 is 0 Å². The highest BCUT2D eigenvalue weighted by Gasteiger charge is 2.10. The van der Waals surface area contributed by atoms with Crippen molar-refractivity contribution in [2.75, 3.05) is 19.1 Å². The fraction of sp³-hybridized carbons (Fsp3) is 0.250. The van der Waals surface area contributed by atoms with Crippen molar-refractivity contribution in [3.05, 3.63) is 52.5 Å². The van der Waals surface area contributed by atoms with Crippen LogP contribution in [0.15, 0.2) is 36.4 Å². The monoisotopic (exact) mass is 291 g/mol. The van der Waals surface area contributed by atoms with Gasteiger partial charge in [-0.05, 0) is 42.3 Å². The molecule has 2 rings (SSSR count). The summed E-state index contributed by atoms with van der Waals surface area (Å²) in [7, 11) is 3.53. The van der Waals surface area contributed by atoms with Gasteiger partial charge in [-0.2, -0.15) is 0 Å². The van der Waals surface area contributed by atoms with E-state index in [0.717, 1.165) is 11.3 Å². The SMILES string of the molecule is COc1cc(CN(C)c2cccc(C)c2)cc(Cl)c1O. The summed E-state index contributed by atoms with van der Waals surface area (Å²) in [6, 6.07) is 11.8. The van der Waals surface area contributed by atoms with Gasteiger partial charge in [0.25, 0.3) is 0 Å². The third kappa shape index (κ3) is 3.17. The number of anilines is 1. The normalized spacial score (nSPS) is 10.4. The standard InChI is InChI=1S/C16H18ClNO2/c1-11-5-4-6-13(7-11)18(2)10-12-8-14(17)16(19)15(9-12)20-3/h4-9,19H,10H2,1-3H3. The first kappa shape index (κ1) is 14.5. The van der Waals surface area contributed by atoms with Crippen molar-refractivity contribution in [2.45, 2.75) is 13.5 Å². The molecule has 0 aromatic heterocycles. The Morgan fingerprint density at radius 3 is 2.65 bits per heavy atom. The Morgan fingerprint density at radius 1 is 1.25 bits per heavy atom. The molecule has 0 spiro atoms. The molecule has 0 radical (unpaired) electrons. The molecular formula is C16H18ClNO2. The molecular weight excluding hydrogens is 274 g/mol. The lowest BCUT2D eigenvalue weighted by Crippen LogP contribution is -2.16. The smallest absolute Gasteiger partial charge is 0.176 e. The molecule has 0 saturated heterocycles. The third-order valence-electron chi connectivity index (χ3n) is 3.17. The zero-order chi connectivity index (χ0) is 14.7. The van der Waals surface area contributed by atoms with E-state index in [-0.39, 0.29) is 5.75 Å². The molecule has 0 amide bonds. The fourth-order valence-electron chi connectivity index (χ4n) is 2.10. The van der Waals surface area contributed by atoms with E-state index in [1.54, 1.807) is 12.1 Å². The predicted molar refractivity (Wildman–Crippen MR) is 83.0 cm³/mol. The van der Waals surface area contributed by atoms with Gasteiger partial charge >= 0.3 is 0 Å². The number of ether oxygens (including phenoxy) is 1. The molecule has 0 atom stereocenters. The maximum Gasteiger partial charge on any atom is 0.176 e. The van der Waals surface area contributed by atoms with Crippen molar-refractivity contribution < 1.29 is 9.84 Å². The second-order valence-corrected chi connectivity index (χ2v) is 5.23. The Morgan fingerprint density at radius 2 is 2.00 bits per heavy atom. The highest BCUT2D eigenvalue weighted by Crippen LogP contribution is 2.35. The van der Waals surface area contributed by atoms with Gasteiger partial charge in [0.1, 0.15) is 0 Å². The van der Waals surface area contributed by atoms with Crippen LogP contribution in [0.2, 0.25) is 5.02 Å². The Hall–Kier alpha value is -1.87. The quantitative estimate of drug-likeness (QED) is 0.924. The second-order valence-electron chi connectivity index (χ2n) is 4.82. The molecule has 0 unspecified atom stereocenters. The molecule has 0 bridgehead atoms. The van der Waals surface area contributed by atoms with Gasteiger partial charge in [-0.3, -0.25) is 0 Å². The lowest BCUT2D eigenvalue weighted by molar-refractivity contribution is 0.373. The largest absolute Gasteiger partial charge is 0.503 e. The number of aryl methyl sites for hydroxylation is 1. The number of rotatable bonds is 4. The predicted octanol–water partition coefficient (Wildman–Crippen LogP) is 4.00. The summed E-state index contributed by atoms with van der Waals surface area (Å²) >= 11 is 6.00.